The first-order chi connectivity index (χ1) is 13.7. The van der Waals surface area contributed by atoms with Gasteiger partial charge in [0.2, 0.25) is 10.0 Å². The van der Waals surface area contributed by atoms with E-state index in [1.807, 2.05) is 0 Å². The minimum absolute atomic E-state index is 0.123. The molecule has 0 aromatic heterocycles. The number of amides is 1. The Labute approximate surface area is 178 Å². The van der Waals surface area contributed by atoms with Crippen LogP contribution in [0.15, 0.2) is 24.3 Å². The molecule has 15 heteroatoms. The van der Waals surface area contributed by atoms with E-state index in [4.69, 9.17) is 15.0 Å². The summed E-state index contributed by atoms with van der Waals surface area (Å²) in [5.74, 6) is -2.62. The summed E-state index contributed by atoms with van der Waals surface area (Å²) in [5, 5.41) is 18.3. The first-order valence-electron chi connectivity index (χ1n) is 7.84. The van der Waals surface area contributed by atoms with Gasteiger partial charge >= 0.3 is 18.1 Å². The van der Waals surface area contributed by atoms with Gasteiger partial charge in [-0.3, -0.25) is 14.3 Å². The summed E-state index contributed by atoms with van der Waals surface area (Å²) in [7, 11) is -0.375. The minimum atomic E-state index is -5.08. The molecule has 170 valence electrons. The molecule has 0 aliphatic heterocycles. The number of halogens is 3. The van der Waals surface area contributed by atoms with E-state index in [0.29, 0.717) is 29.3 Å². The predicted octanol–water partition coefficient (Wildman–Crippen LogP) is 2.28. The Kier molecular flexibility index (Phi) is 12.3. The molecule has 1 aromatic carbocycles. The number of anilines is 1. The highest BCUT2D eigenvalue weighted by atomic mass is 33.1. The Bertz CT molecular complexity index is 816. The standard InChI is InChI=1S/C13H18N2O5S3.C2HF3O2/c1-23(19,20)15-11-4-2-10(3-5-11)13(18)14-7-9-22-21-8-6-12(16)17;3-2(4,5)1(6)7/h2-5,15H,6-9H2,1H3,(H,14,18)(H,16,17);(H,6,7). The van der Waals surface area contributed by atoms with Gasteiger partial charge < -0.3 is 15.5 Å². The zero-order valence-corrected chi connectivity index (χ0v) is 17.9. The van der Waals surface area contributed by atoms with Crippen LogP contribution in [0, 0.1) is 0 Å². The molecule has 30 heavy (non-hydrogen) atoms. The lowest BCUT2D eigenvalue weighted by Crippen LogP contribution is -2.25. The third-order valence-electron chi connectivity index (χ3n) is 2.65. The molecule has 0 saturated heterocycles. The molecule has 9 nitrogen and oxygen atoms in total. The van der Waals surface area contributed by atoms with Gasteiger partial charge in [0.25, 0.3) is 5.91 Å². The summed E-state index contributed by atoms with van der Waals surface area (Å²) in [6.07, 6.45) is -3.91. The van der Waals surface area contributed by atoms with Crippen molar-refractivity contribution < 1.29 is 46.2 Å². The molecule has 0 heterocycles. The van der Waals surface area contributed by atoms with E-state index in [1.54, 1.807) is 0 Å². The van der Waals surface area contributed by atoms with Crippen LogP contribution in [0.5, 0.6) is 0 Å². The average molecular weight is 493 g/mol. The Hall–Kier alpha value is -2.13. The highest BCUT2D eigenvalue weighted by Crippen LogP contribution is 2.21. The highest BCUT2D eigenvalue weighted by Gasteiger charge is 2.38. The molecule has 1 rings (SSSR count). The first-order valence-corrected chi connectivity index (χ1v) is 12.2. The van der Waals surface area contributed by atoms with Crippen molar-refractivity contribution in [2.75, 3.05) is 29.0 Å². The van der Waals surface area contributed by atoms with E-state index in [1.165, 1.54) is 45.9 Å². The van der Waals surface area contributed by atoms with Gasteiger partial charge in [-0.15, -0.1) is 0 Å². The fourth-order valence-electron chi connectivity index (χ4n) is 1.46. The zero-order valence-electron chi connectivity index (χ0n) is 15.4. The second-order valence-corrected chi connectivity index (χ2v) is 9.75. The second-order valence-electron chi connectivity index (χ2n) is 5.30. The summed E-state index contributed by atoms with van der Waals surface area (Å²) < 4.78 is 56.2. The number of hydrogen-bond donors (Lipinski definition) is 4. The number of sulfonamides is 1. The minimum Gasteiger partial charge on any atom is -0.481 e. The highest BCUT2D eigenvalue weighted by molar-refractivity contribution is 8.76. The number of nitrogens with one attached hydrogen (secondary N) is 2. The van der Waals surface area contributed by atoms with Gasteiger partial charge in [-0.1, -0.05) is 21.6 Å². The number of carboxylic acid groups (broad SMARTS) is 2. The second kappa shape index (κ2) is 13.2. The molecule has 0 bridgehead atoms. The van der Waals surface area contributed by atoms with Gasteiger partial charge in [0, 0.05) is 29.3 Å². The predicted molar refractivity (Wildman–Crippen MR) is 108 cm³/mol. The SMILES string of the molecule is CS(=O)(=O)Nc1ccc(C(=O)NCCSSCCC(=O)O)cc1.O=C(O)C(F)(F)F. The van der Waals surface area contributed by atoms with Crippen LogP contribution in [-0.4, -0.2) is 67.0 Å². The molecule has 0 radical (unpaired) electrons. The van der Waals surface area contributed by atoms with Crippen molar-refractivity contribution in [3.8, 4) is 0 Å². The molecular formula is C15H19F3N2O7S3. The van der Waals surface area contributed by atoms with Crippen molar-refractivity contribution in [2.24, 2.45) is 0 Å². The van der Waals surface area contributed by atoms with Gasteiger partial charge in [0.1, 0.15) is 0 Å². The van der Waals surface area contributed by atoms with Crippen molar-refractivity contribution in [1.82, 2.24) is 5.32 Å². The topological polar surface area (TPSA) is 150 Å². The number of benzene rings is 1. The van der Waals surface area contributed by atoms with Crippen LogP contribution in [0.2, 0.25) is 0 Å². The summed E-state index contributed by atoms with van der Waals surface area (Å²) in [5.41, 5.74) is 0.835. The van der Waals surface area contributed by atoms with Crippen molar-refractivity contribution in [1.29, 1.82) is 0 Å². The quantitative estimate of drug-likeness (QED) is 0.285. The molecule has 1 amide bonds. The smallest absolute Gasteiger partial charge is 0.481 e. The van der Waals surface area contributed by atoms with E-state index < -0.39 is 28.1 Å². The van der Waals surface area contributed by atoms with Gasteiger partial charge in [0.15, 0.2) is 0 Å². The molecule has 0 spiro atoms. The molecular weight excluding hydrogens is 473 g/mol. The zero-order chi connectivity index (χ0) is 23.4. The molecule has 0 saturated carbocycles. The van der Waals surface area contributed by atoms with E-state index in [0.717, 1.165) is 6.26 Å². The molecule has 0 fully saturated rings. The Morgan fingerprint density at radius 3 is 1.97 bits per heavy atom. The van der Waals surface area contributed by atoms with E-state index >= 15 is 0 Å². The Morgan fingerprint density at radius 2 is 1.53 bits per heavy atom. The fraction of sp³-hybridized carbons (Fsp3) is 0.400. The molecule has 0 atom stereocenters. The van der Waals surface area contributed by atoms with Crippen LogP contribution in [0.25, 0.3) is 0 Å². The largest absolute Gasteiger partial charge is 0.490 e. The van der Waals surface area contributed by atoms with Crippen LogP contribution in [0.1, 0.15) is 16.8 Å². The van der Waals surface area contributed by atoms with Gasteiger partial charge in [0.05, 0.1) is 12.7 Å². The van der Waals surface area contributed by atoms with Gasteiger partial charge in [-0.25, -0.2) is 13.2 Å². The first kappa shape index (κ1) is 27.9. The molecule has 1 aromatic rings. The molecule has 4 N–H and O–H groups in total. The Balaban J connectivity index is 0.00000103. The van der Waals surface area contributed by atoms with Crippen LogP contribution < -0.4 is 10.0 Å². The number of carbonyl (C=O) groups is 3. The lowest BCUT2D eigenvalue weighted by molar-refractivity contribution is -0.192. The van der Waals surface area contributed by atoms with Gasteiger partial charge in [-0.05, 0) is 24.3 Å². The van der Waals surface area contributed by atoms with Crippen LogP contribution in [0.4, 0.5) is 18.9 Å². The average Bonchev–Trinajstić information content (AvgIpc) is 2.59. The maximum atomic E-state index is 11.9. The van der Waals surface area contributed by atoms with Crippen molar-refractivity contribution in [3.63, 3.8) is 0 Å². The number of carbonyl (C=O) groups excluding carboxylic acids is 1. The van der Waals surface area contributed by atoms with Crippen molar-refractivity contribution in [2.45, 2.75) is 12.6 Å². The van der Waals surface area contributed by atoms with Crippen LogP contribution in [-0.2, 0) is 19.6 Å². The monoisotopic (exact) mass is 492 g/mol. The molecule has 0 aliphatic rings. The third-order valence-corrected chi connectivity index (χ3v) is 5.66. The summed E-state index contributed by atoms with van der Waals surface area (Å²) in [4.78, 5) is 31.1. The summed E-state index contributed by atoms with van der Waals surface area (Å²) in [6.45, 7) is 0.465. The third kappa shape index (κ3) is 14.8. The summed E-state index contributed by atoms with van der Waals surface area (Å²) in [6, 6.07) is 6.12. The van der Waals surface area contributed by atoms with Crippen LogP contribution >= 0.6 is 21.6 Å². The number of alkyl halides is 3. The normalized spacial score (nSPS) is 11.1. The van der Waals surface area contributed by atoms with Crippen molar-refractivity contribution in [3.05, 3.63) is 29.8 Å². The molecule has 0 aliphatic carbocycles. The lowest BCUT2D eigenvalue weighted by Gasteiger charge is -2.07. The maximum absolute atomic E-state index is 11.9. The van der Waals surface area contributed by atoms with Crippen LogP contribution in [0.3, 0.4) is 0 Å². The Morgan fingerprint density at radius 1 is 1.03 bits per heavy atom. The maximum Gasteiger partial charge on any atom is 0.490 e. The number of aliphatic carboxylic acids is 2. The number of carboxylic acids is 2. The van der Waals surface area contributed by atoms with E-state index in [-0.39, 0.29) is 12.3 Å². The number of hydrogen-bond acceptors (Lipinski definition) is 7. The molecule has 0 unspecified atom stereocenters. The lowest BCUT2D eigenvalue weighted by atomic mass is 10.2. The number of rotatable bonds is 10. The van der Waals surface area contributed by atoms with E-state index in [9.17, 15) is 31.2 Å². The van der Waals surface area contributed by atoms with E-state index in [2.05, 4.69) is 10.0 Å². The summed E-state index contributed by atoms with van der Waals surface area (Å²) >= 11 is 0. The van der Waals surface area contributed by atoms with Gasteiger partial charge in [-0.2, -0.15) is 13.2 Å². The van der Waals surface area contributed by atoms with Crippen molar-refractivity contribution >= 4 is 55.1 Å². The fourth-order valence-corrected chi connectivity index (χ4v) is 3.91.